The lowest BCUT2D eigenvalue weighted by Gasteiger charge is -2.14. The smallest absolute Gasteiger partial charge is 0.411 e. The summed E-state index contributed by atoms with van der Waals surface area (Å²) in [6.07, 6.45) is -1.84. The van der Waals surface area contributed by atoms with Gasteiger partial charge in [0.05, 0.1) is 11.4 Å². The molecular formula is C20H24N4O8. The first-order valence-electron chi connectivity index (χ1n) is 9.19. The summed E-state index contributed by atoms with van der Waals surface area (Å²) >= 11 is 0. The fourth-order valence-corrected chi connectivity index (χ4v) is 1.94. The molecule has 0 saturated carbocycles. The number of hydrogen-bond donors (Lipinski definition) is 3. The monoisotopic (exact) mass is 448 g/mol. The summed E-state index contributed by atoms with van der Waals surface area (Å²) in [5.74, 6) is -1.23. The molecule has 0 atom stereocenters. The van der Waals surface area contributed by atoms with Crippen molar-refractivity contribution in [3.05, 3.63) is 42.5 Å². The highest BCUT2D eigenvalue weighted by atomic mass is 16.6. The number of hydrogen-bond acceptors (Lipinski definition) is 10. The first kappa shape index (κ1) is 25.8. The Kier molecular flexibility index (Phi) is 10.6. The van der Waals surface area contributed by atoms with Gasteiger partial charge in [0.2, 0.25) is 0 Å². The van der Waals surface area contributed by atoms with Crippen LogP contribution in [0.3, 0.4) is 0 Å². The Morgan fingerprint density at radius 1 is 0.844 bits per heavy atom. The minimum absolute atomic E-state index is 0.0166. The highest BCUT2D eigenvalue weighted by Crippen LogP contribution is 2.33. The third-order valence-electron chi connectivity index (χ3n) is 3.42. The molecule has 12 heteroatoms. The molecule has 0 fully saturated rings. The number of ether oxygens (including phenoxy) is 4. The van der Waals surface area contributed by atoms with E-state index in [1.54, 1.807) is 0 Å². The minimum Gasteiger partial charge on any atom is -0.459 e. The molecule has 0 bridgehead atoms. The van der Waals surface area contributed by atoms with Crippen LogP contribution in [0, 0.1) is 5.53 Å². The van der Waals surface area contributed by atoms with Crippen LogP contribution in [0.2, 0.25) is 0 Å². The Bertz CT molecular complexity index is 913. The lowest BCUT2D eigenvalue weighted by molar-refractivity contribution is -0.140. The van der Waals surface area contributed by atoms with E-state index in [4.69, 9.17) is 24.5 Å². The molecule has 12 nitrogen and oxygen atoms in total. The molecule has 1 aromatic carbocycles. The average Bonchev–Trinajstić information content (AvgIpc) is 2.74. The number of esters is 2. The van der Waals surface area contributed by atoms with Crippen LogP contribution in [0.25, 0.3) is 0 Å². The van der Waals surface area contributed by atoms with E-state index in [1.165, 1.54) is 32.0 Å². The molecule has 0 aliphatic heterocycles. The van der Waals surface area contributed by atoms with E-state index in [9.17, 15) is 19.2 Å². The summed E-state index contributed by atoms with van der Waals surface area (Å²) in [4.78, 5) is 46.6. The van der Waals surface area contributed by atoms with E-state index in [1.807, 2.05) is 0 Å². The maximum atomic E-state index is 12.0. The van der Waals surface area contributed by atoms with Crippen LogP contribution < -0.4 is 10.6 Å². The van der Waals surface area contributed by atoms with Crippen LogP contribution in [-0.2, 0) is 28.5 Å². The van der Waals surface area contributed by atoms with Gasteiger partial charge in [-0.05, 0) is 26.0 Å². The van der Waals surface area contributed by atoms with Crippen LogP contribution in [0.15, 0.2) is 47.6 Å². The molecule has 0 saturated heterocycles. The molecular weight excluding hydrogens is 424 g/mol. The van der Waals surface area contributed by atoms with Crippen LogP contribution >= 0.6 is 0 Å². The van der Waals surface area contributed by atoms with Gasteiger partial charge in [-0.3, -0.25) is 10.6 Å². The van der Waals surface area contributed by atoms with E-state index >= 15 is 0 Å². The van der Waals surface area contributed by atoms with Crippen LogP contribution in [0.1, 0.15) is 13.8 Å². The summed E-state index contributed by atoms with van der Waals surface area (Å²) in [5.41, 5.74) is 7.75. The molecule has 0 aliphatic carbocycles. The topological polar surface area (TPSA) is 165 Å². The van der Waals surface area contributed by atoms with Crippen molar-refractivity contribution < 1.29 is 38.1 Å². The minimum atomic E-state index is -0.935. The Morgan fingerprint density at radius 2 is 1.31 bits per heavy atom. The molecule has 172 valence electrons. The third-order valence-corrected chi connectivity index (χ3v) is 3.42. The van der Waals surface area contributed by atoms with Crippen molar-refractivity contribution in [1.29, 1.82) is 5.53 Å². The second kappa shape index (κ2) is 13.2. The fourth-order valence-electron chi connectivity index (χ4n) is 1.94. The van der Waals surface area contributed by atoms with E-state index in [2.05, 4.69) is 28.9 Å². The van der Waals surface area contributed by atoms with Gasteiger partial charge in [0.25, 0.3) is 0 Å². The number of anilines is 2. The number of para-hydroxylation sites is 1. The predicted molar refractivity (Wildman–Crippen MR) is 113 cm³/mol. The largest absolute Gasteiger partial charge is 0.459 e. The van der Waals surface area contributed by atoms with Gasteiger partial charge in [0.1, 0.15) is 32.1 Å². The summed E-state index contributed by atoms with van der Waals surface area (Å²) in [6.45, 7) is 8.99. The van der Waals surface area contributed by atoms with Gasteiger partial charge in [-0.15, -0.1) is 0 Å². The number of carbonyl (C=O) groups excluding carboxylic acids is 4. The fraction of sp³-hybridized carbons (Fsp3) is 0.300. The van der Waals surface area contributed by atoms with Crippen LogP contribution in [0.5, 0.6) is 0 Å². The van der Waals surface area contributed by atoms with Crippen LogP contribution in [-0.4, -0.2) is 50.6 Å². The SMILES string of the molecule is C=C(C)C(=O)OCCOC(=O)Nc1cccc(N=N)c1NC(=O)OCCOC(=O)C(=C)C. The van der Waals surface area contributed by atoms with Gasteiger partial charge in [0, 0.05) is 11.1 Å². The van der Waals surface area contributed by atoms with Crippen molar-refractivity contribution >= 4 is 41.2 Å². The van der Waals surface area contributed by atoms with Crippen molar-refractivity contribution in [1.82, 2.24) is 0 Å². The van der Waals surface area contributed by atoms with Gasteiger partial charge in [0.15, 0.2) is 0 Å². The molecule has 0 aliphatic rings. The highest BCUT2D eigenvalue weighted by molar-refractivity contribution is 5.99. The van der Waals surface area contributed by atoms with Gasteiger partial charge in [-0.1, -0.05) is 19.2 Å². The van der Waals surface area contributed by atoms with Gasteiger partial charge < -0.3 is 18.9 Å². The quantitative estimate of drug-likeness (QED) is 0.152. The number of nitrogens with one attached hydrogen (secondary N) is 3. The predicted octanol–water partition coefficient (Wildman–Crippen LogP) is 3.68. The second-order valence-corrected chi connectivity index (χ2v) is 6.17. The maximum Gasteiger partial charge on any atom is 0.411 e. The van der Waals surface area contributed by atoms with E-state index < -0.39 is 24.1 Å². The number of carbonyl (C=O) groups is 4. The van der Waals surface area contributed by atoms with E-state index in [0.717, 1.165) is 0 Å². The summed E-state index contributed by atoms with van der Waals surface area (Å²) in [7, 11) is 0. The average molecular weight is 448 g/mol. The molecule has 32 heavy (non-hydrogen) atoms. The molecule has 1 rings (SSSR count). The lowest BCUT2D eigenvalue weighted by atomic mass is 10.2. The van der Waals surface area contributed by atoms with Crippen molar-refractivity contribution in [2.75, 3.05) is 37.1 Å². The Labute approximate surface area is 184 Å². The van der Waals surface area contributed by atoms with E-state index in [0.29, 0.717) is 0 Å². The summed E-state index contributed by atoms with van der Waals surface area (Å²) < 4.78 is 19.4. The third kappa shape index (κ3) is 9.07. The number of amides is 2. The zero-order valence-corrected chi connectivity index (χ0v) is 17.7. The molecule has 2 amide bonds. The Morgan fingerprint density at radius 3 is 1.78 bits per heavy atom. The summed E-state index contributed by atoms with van der Waals surface area (Å²) in [6, 6.07) is 4.34. The van der Waals surface area contributed by atoms with Crippen molar-refractivity contribution in [2.24, 2.45) is 5.11 Å². The standard InChI is InChI=1S/C20H24N4O8/c1-12(2)17(25)29-8-10-31-19(27)22-14-6-5-7-15(24-21)16(14)23-20(28)32-11-9-30-18(26)13(3)4/h5-7,21H,1,3,8-11H2,2,4H3,(H,22,27)(H,23,28). The van der Waals surface area contributed by atoms with Gasteiger partial charge >= 0.3 is 24.1 Å². The lowest BCUT2D eigenvalue weighted by Crippen LogP contribution is -2.21. The highest BCUT2D eigenvalue weighted by Gasteiger charge is 2.16. The number of rotatable bonds is 11. The molecule has 3 N–H and O–H groups in total. The van der Waals surface area contributed by atoms with Gasteiger partial charge in [-0.25, -0.2) is 24.7 Å². The zero-order valence-electron chi connectivity index (χ0n) is 17.7. The summed E-state index contributed by atoms with van der Waals surface area (Å²) in [5, 5.41) is 8.03. The molecule has 0 unspecified atom stereocenters. The first-order valence-corrected chi connectivity index (χ1v) is 9.19. The second-order valence-electron chi connectivity index (χ2n) is 6.17. The van der Waals surface area contributed by atoms with E-state index in [-0.39, 0.29) is 54.6 Å². The van der Waals surface area contributed by atoms with Crippen molar-refractivity contribution in [3.63, 3.8) is 0 Å². The molecule has 1 aromatic rings. The van der Waals surface area contributed by atoms with Gasteiger partial charge in [-0.2, -0.15) is 5.11 Å². The number of nitrogens with zero attached hydrogens (tertiary/aromatic N) is 1. The van der Waals surface area contributed by atoms with Crippen LogP contribution in [0.4, 0.5) is 26.7 Å². The zero-order chi connectivity index (χ0) is 24.1. The molecule has 0 heterocycles. The first-order chi connectivity index (χ1) is 15.1. The van der Waals surface area contributed by atoms with Crippen molar-refractivity contribution in [3.8, 4) is 0 Å². The molecule has 0 spiro atoms. The molecule has 0 radical (unpaired) electrons. The Hall–Kier alpha value is -4.22. The molecule has 0 aromatic heterocycles. The normalized spacial score (nSPS) is 9.69. The van der Waals surface area contributed by atoms with Crippen molar-refractivity contribution in [2.45, 2.75) is 13.8 Å². The maximum absolute atomic E-state index is 12.0. The number of benzene rings is 1. The Balaban J connectivity index is 2.63.